The third-order valence-corrected chi connectivity index (χ3v) is 6.88. The predicted molar refractivity (Wildman–Crippen MR) is 122 cm³/mol. The molecule has 1 aliphatic heterocycles. The van der Waals surface area contributed by atoms with Crippen LogP contribution in [0.4, 0.5) is 5.82 Å². The number of nitriles is 1. The van der Waals surface area contributed by atoms with Gasteiger partial charge in [-0.2, -0.15) is 10.2 Å². The molecule has 0 spiro atoms. The van der Waals surface area contributed by atoms with Crippen molar-refractivity contribution in [2.45, 2.75) is 62.9 Å². The lowest BCUT2D eigenvalue weighted by Crippen LogP contribution is -2.57. The Morgan fingerprint density at radius 2 is 2.00 bits per heavy atom. The summed E-state index contributed by atoms with van der Waals surface area (Å²) < 4.78 is 5.20. The highest BCUT2D eigenvalue weighted by Gasteiger charge is 2.37. The number of nitrogens with zero attached hydrogens (tertiary/aromatic N) is 3. The van der Waals surface area contributed by atoms with Crippen molar-refractivity contribution < 1.29 is 9.21 Å². The van der Waals surface area contributed by atoms with Gasteiger partial charge in [-0.25, -0.2) is 4.79 Å². The van der Waals surface area contributed by atoms with E-state index < -0.39 is 17.3 Å². The van der Waals surface area contributed by atoms with Gasteiger partial charge in [0.15, 0.2) is 0 Å². The predicted octanol–water partition coefficient (Wildman–Crippen LogP) is 3.04. The Balaban J connectivity index is 1.59. The number of likely N-dealkylation sites (tertiary alicyclic amines) is 1. The second-order valence-corrected chi connectivity index (χ2v) is 9.25. The van der Waals surface area contributed by atoms with Crippen LogP contribution in [0.25, 0.3) is 11.0 Å². The molecule has 0 bridgehead atoms. The lowest BCUT2D eigenvalue weighted by molar-refractivity contribution is -0.124. The van der Waals surface area contributed by atoms with Crippen LogP contribution in [-0.2, 0) is 4.79 Å². The molecule has 0 unspecified atom stereocenters. The highest BCUT2D eigenvalue weighted by Crippen LogP contribution is 2.30. The van der Waals surface area contributed by atoms with Gasteiger partial charge in [0.2, 0.25) is 5.91 Å². The Morgan fingerprint density at radius 1 is 1.28 bits per heavy atom. The van der Waals surface area contributed by atoms with E-state index >= 15 is 0 Å². The number of aromatic nitrogens is 1. The number of anilines is 1. The van der Waals surface area contributed by atoms with Crippen molar-refractivity contribution in [3.05, 3.63) is 34.8 Å². The van der Waals surface area contributed by atoms with Gasteiger partial charge in [-0.15, -0.1) is 0 Å². The van der Waals surface area contributed by atoms with Gasteiger partial charge in [0.1, 0.15) is 23.0 Å². The molecule has 170 valence electrons. The summed E-state index contributed by atoms with van der Waals surface area (Å²) in [6.07, 6.45) is 7.58. The monoisotopic (exact) mass is 437 g/mol. The molecule has 1 atom stereocenters. The number of hydrogen-bond acceptors (Lipinski definition) is 7. The van der Waals surface area contributed by atoms with Gasteiger partial charge in [-0.3, -0.25) is 4.79 Å². The van der Waals surface area contributed by atoms with Gasteiger partial charge in [0, 0.05) is 13.1 Å². The van der Waals surface area contributed by atoms with Gasteiger partial charge in [0.25, 0.3) is 0 Å². The van der Waals surface area contributed by atoms with E-state index in [2.05, 4.69) is 26.6 Å². The van der Waals surface area contributed by atoms with Gasteiger partial charge in [0.05, 0.1) is 11.5 Å². The first kappa shape index (κ1) is 22.3. The first-order valence-corrected chi connectivity index (χ1v) is 11.6. The van der Waals surface area contributed by atoms with E-state index in [0.29, 0.717) is 42.0 Å². The minimum Gasteiger partial charge on any atom is -0.408 e. The highest BCUT2D eigenvalue weighted by atomic mass is 16.4. The van der Waals surface area contributed by atoms with Crippen molar-refractivity contribution in [3.63, 3.8) is 0 Å². The van der Waals surface area contributed by atoms with Crippen LogP contribution < -0.4 is 16.4 Å². The number of rotatable bonds is 6. The molecule has 2 N–H and O–H groups in total. The van der Waals surface area contributed by atoms with Crippen molar-refractivity contribution in [1.29, 1.82) is 5.26 Å². The molecule has 2 fully saturated rings. The molecule has 1 saturated heterocycles. The summed E-state index contributed by atoms with van der Waals surface area (Å²) >= 11 is 0. The van der Waals surface area contributed by atoms with Crippen molar-refractivity contribution in [2.24, 2.45) is 5.92 Å². The standard InChI is InChI=1S/C24H31N5O3/c1-29-13-11-24(16-25,12-14-29)28-22(30)19(15-17-7-3-2-4-8-17)26-21-18-9-5-6-10-20(18)32-23(31)27-21/h5-6,9-10,17,19H,2-4,7-8,11-15H2,1H3,(H,28,30)(H,26,27,31)/t19-/m0/s1. The second kappa shape index (κ2) is 9.70. The molecule has 8 heteroatoms. The maximum atomic E-state index is 13.5. The third kappa shape index (κ3) is 5.10. The van der Waals surface area contributed by atoms with Gasteiger partial charge < -0.3 is 20.0 Å². The minimum atomic E-state index is -0.860. The first-order chi connectivity index (χ1) is 15.5. The number of carbonyl (C=O) groups excluding carboxylic acids is 1. The molecule has 1 aliphatic carbocycles. The lowest BCUT2D eigenvalue weighted by Gasteiger charge is -2.37. The molecule has 1 aromatic carbocycles. The summed E-state index contributed by atoms with van der Waals surface area (Å²) in [6, 6.07) is 8.94. The summed E-state index contributed by atoms with van der Waals surface area (Å²) in [6.45, 7) is 1.53. The Bertz CT molecular complexity index is 1050. The molecule has 2 aromatic rings. The van der Waals surface area contributed by atoms with Crippen LogP contribution in [0, 0.1) is 17.2 Å². The largest absolute Gasteiger partial charge is 0.441 e. The summed E-state index contributed by atoms with van der Waals surface area (Å²) in [5.74, 6) is -0.135. The molecule has 0 radical (unpaired) electrons. The number of carbonyl (C=O) groups is 1. The molecule has 4 rings (SSSR count). The number of amides is 1. The summed E-state index contributed by atoms with van der Waals surface area (Å²) in [5.41, 5.74) is -0.433. The SMILES string of the molecule is CN1CCC(C#N)(NC(=O)[C@H](CC2CCCCC2)Nc2nc(=O)oc3ccccc23)CC1. The summed E-state index contributed by atoms with van der Waals surface area (Å²) in [5, 5.41) is 16.8. The molecular weight excluding hydrogens is 406 g/mol. The van der Waals surface area contributed by atoms with Crippen LogP contribution in [0.5, 0.6) is 0 Å². The molecule has 1 aromatic heterocycles. The Labute approximate surface area is 188 Å². The third-order valence-electron chi connectivity index (χ3n) is 6.88. The maximum absolute atomic E-state index is 13.5. The van der Waals surface area contributed by atoms with Crippen LogP contribution >= 0.6 is 0 Å². The van der Waals surface area contributed by atoms with E-state index in [4.69, 9.17) is 4.42 Å². The Morgan fingerprint density at radius 3 is 2.72 bits per heavy atom. The molecule has 1 saturated carbocycles. The normalized spacial score (nSPS) is 20.4. The fourth-order valence-electron chi connectivity index (χ4n) is 4.87. The number of nitrogens with one attached hydrogen (secondary N) is 2. The quantitative estimate of drug-likeness (QED) is 0.714. The average Bonchev–Trinajstić information content (AvgIpc) is 2.81. The minimum absolute atomic E-state index is 0.208. The van der Waals surface area contributed by atoms with E-state index in [1.807, 2.05) is 19.2 Å². The van der Waals surface area contributed by atoms with E-state index in [1.165, 1.54) is 19.3 Å². The molecule has 32 heavy (non-hydrogen) atoms. The van der Waals surface area contributed by atoms with Gasteiger partial charge >= 0.3 is 5.76 Å². The van der Waals surface area contributed by atoms with Crippen LogP contribution in [0.15, 0.2) is 33.5 Å². The molecule has 8 nitrogen and oxygen atoms in total. The van der Waals surface area contributed by atoms with E-state index in [9.17, 15) is 14.9 Å². The van der Waals surface area contributed by atoms with E-state index in [1.54, 1.807) is 12.1 Å². The molecule has 2 heterocycles. The van der Waals surface area contributed by atoms with Crippen molar-refractivity contribution >= 4 is 22.7 Å². The Hall–Kier alpha value is -2.92. The van der Waals surface area contributed by atoms with E-state index in [0.717, 1.165) is 25.9 Å². The fourth-order valence-corrected chi connectivity index (χ4v) is 4.87. The zero-order valence-electron chi connectivity index (χ0n) is 18.6. The van der Waals surface area contributed by atoms with Crippen molar-refractivity contribution in [2.75, 3.05) is 25.5 Å². The van der Waals surface area contributed by atoms with Gasteiger partial charge in [-0.05, 0) is 44.4 Å². The lowest BCUT2D eigenvalue weighted by atomic mass is 9.84. The number of benzene rings is 1. The fraction of sp³-hybridized carbons (Fsp3) is 0.583. The van der Waals surface area contributed by atoms with Crippen LogP contribution in [0.3, 0.4) is 0 Å². The molecule has 2 aliphatic rings. The smallest absolute Gasteiger partial charge is 0.408 e. The summed E-state index contributed by atoms with van der Waals surface area (Å²) in [7, 11) is 2.02. The number of piperidine rings is 1. The van der Waals surface area contributed by atoms with Crippen LogP contribution in [0.2, 0.25) is 0 Å². The average molecular weight is 438 g/mol. The summed E-state index contributed by atoms with van der Waals surface area (Å²) in [4.78, 5) is 31.7. The number of para-hydroxylation sites is 1. The molecular formula is C24H31N5O3. The Kier molecular flexibility index (Phi) is 6.75. The molecule has 1 amide bonds. The maximum Gasteiger partial charge on any atom is 0.441 e. The van der Waals surface area contributed by atoms with Crippen molar-refractivity contribution in [1.82, 2.24) is 15.2 Å². The van der Waals surface area contributed by atoms with E-state index in [-0.39, 0.29) is 5.91 Å². The zero-order chi connectivity index (χ0) is 22.6. The first-order valence-electron chi connectivity index (χ1n) is 11.6. The van der Waals surface area contributed by atoms with Crippen molar-refractivity contribution in [3.8, 4) is 6.07 Å². The van der Waals surface area contributed by atoms with Crippen LogP contribution in [0.1, 0.15) is 51.4 Å². The topological polar surface area (TPSA) is 111 Å². The van der Waals surface area contributed by atoms with Crippen LogP contribution in [-0.4, -0.2) is 47.5 Å². The zero-order valence-corrected chi connectivity index (χ0v) is 18.6. The number of hydrogen-bond donors (Lipinski definition) is 2. The number of fused-ring (bicyclic) bond motifs is 1. The van der Waals surface area contributed by atoms with Gasteiger partial charge in [-0.1, -0.05) is 44.2 Å². The highest BCUT2D eigenvalue weighted by molar-refractivity contribution is 5.91. The second-order valence-electron chi connectivity index (χ2n) is 9.25.